The van der Waals surface area contributed by atoms with E-state index in [4.69, 9.17) is 0 Å². The van der Waals surface area contributed by atoms with Crippen LogP contribution >= 0.6 is 0 Å². The number of aryl methyl sites for hydroxylation is 2. The van der Waals surface area contributed by atoms with Crippen molar-refractivity contribution in [2.75, 3.05) is 18.4 Å². The molecule has 3 rings (SSSR count). The summed E-state index contributed by atoms with van der Waals surface area (Å²) in [6.07, 6.45) is 1.76. The molecular weight excluding hydrogens is 340 g/mol. The molecule has 6 nitrogen and oxygen atoms in total. The Hall–Kier alpha value is -3.15. The fourth-order valence-electron chi connectivity index (χ4n) is 3.06. The Bertz CT molecular complexity index is 1000. The summed E-state index contributed by atoms with van der Waals surface area (Å²) < 4.78 is 1.68. The fraction of sp³-hybridized carbons (Fsp3) is 0.286. The van der Waals surface area contributed by atoms with Crippen molar-refractivity contribution in [3.05, 3.63) is 65.2 Å². The number of rotatable bonds is 5. The number of fused-ring (bicyclic) bond motifs is 1. The van der Waals surface area contributed by atoms with Crippen LogP contribution in [0, 0.1) is 13.8 Å². The number of amides is 2. The number of anilines is 1. The lowest BCUT2D eigenvalue weighted by Crippen LogP contribution is -2.32. The van der Waals surface area contributed by atoms with Gasteiger partial charge in [-0.05, 0) is 57.0 Å². The molecule has 3 aromatic rings. The number of hydrogen-bond acceptors (Lipinski definition) is 3. The number of nitrogens with zero attached hydrogens (tertiary/aromatic N) is 3. The molecule has 0 aliphatic heterocycles. The summed E-state index contributed by atoms with van der Waals surface area (Å²) in [5.41, 5.74) is 3.62. The minimum atomic E-state index is -0.328. The van der Waals surface area contributed by atoms with Crippen LogP contribution < -0.4 is 5.32 Å². The van der Waals surface area contributed by atoms with Crippen LogP contribution in [0.1, 0.15) is 46.1 Å². The number of carbonyl (C=O) groups is 2. The van der Waals surface area contributed by atoms with E-state index in [2.05, 4.69) is 10.3 Å². The highest BCUT2D eigenvalue weighted by atomic mass is 16.2. The molecule has 0 saturated carbocycles. The van der Waals surface area contributed by atoms with Crippen molar-refractivity contribution < 1.29 is 9.59 Å². The van der Waals surface area contributed by atoms with Gasteiger partial charge in [-0.1, -0.05) is 18.2 Å². The summed E-state index contributed by atoms with van der Waals surface area (Å²) in [4.78, 5) is 31.9. The van der Waals surface area contributed by atoms with Crippen LogP contribution in [0.4, 0.5) is 5.69 Å². The van der Waals surface area contributed by atoms with Gasteiger partial charge in [0.2, 0.25) is 5.82 Å². The third kappa shape index (κ3) is 3.56. The highest BCUT2D eigenvalue weighted by Crippen LogP contribution is 2.20. The molecule has 0 aliphatic carbocycles. The van der Waals surface area contributed by atoms with Crippen molar-refractivity contribution in [1.29, 1.82) is 0 Å². The number of nitrogens with one attached hydrogen (secondary N) is 1. The first-order valence-corrected chi connectivity index (χ1v) is 9.11. The van der Waals surface area contributed by atoms with Gasteiger partial charge in [0.25, 0.3) is 11.8 Å². The first-order chi connectivity index (χ1) is 13.0. The van der Waals surface area contributed by atoms with E-state index in [1.165, 1.54) is 0 Å². The molecule has 0 unspecified atom stereocenters. The summed E-state index contributed by atoms with van der Waals surface area (Å²) in [5, 5.41) is 2.93. The lowest BCUT2D eigenvalue weighted by molar-refractivity contribution is 0.0760. The minimum absolute atomic E-state index is 0.188. The molecule has 6 heteroatoms. The molecular formula is C21H24N4O2. The molecule has 0 bridgehead atoms. The van der Waals surface area contributed by atoms with Crippen LogP contribution in [0.15, 0.2) is 42.6 Å². The summed E-state index contributed by atoms with van der Waals surface area (Å²) in [5.74, 6) is -0.265. The first-order valence-electron chi connectivity index (χ1n) is 9.11. The number of hydrogen-bond donors (Lipinski definition) is 1. The Morgan fingerprint density at radius 1 is 1.11 bits per heavy atom. The molecule has 1 aromatic carbocycles. The number of imidazole rings is 1. The van der Waals surface area contributed by atoms with Crippen molar-refractivity contribution in [1.82, 2.24) is 14.3 Å². The molecule has 0 radical (unpaired) electrons. The maximum Gasteiger partial charge on any atom is 0.290 e. The Labute approximate surface area is 158 Å². The van der Waals surface area contributed by atoms with E-state index in [-0.39, 0.29) is 23.3 Å². The zero-order chi connectivity index (χ0) is 19.6. The maximum absolute atomic E-state index is 12.9. The Morgan fingerprint density at radius 2 is 1.85 bits per heavy atom. The first kappa shape index (κ1) is 18.6. The summed E-state index contributed by atoms with van der Waals surface area (Å²) in [6.45, 7) is 8.93. The van der Waals surface area contributed by atoms with Crippen LogP contribution in [0.5, 0.6) is 0 Å². The number of carbonyl (C=O) groups excluding carboxylic acids is 2. The summed E-state index contributed by atoms with van der Waals surface area (Å²) in [6, 6.07) is 11.3. The zero-order valence-electron chi connectivity index (χ0n) is 16.1. The molecule has 1 N–H and O–H groups in total. The van der Waals surface area contributed by atoms with E-state index in [0.717, 1.165) is 16.8 Å². The van der Waals surface area contributed by atoms with Gasteiger partial charge in [-0.25, -0.2) is 4.98 Å². The van der Waals surface area contributed by atoms with E-state index in [0.29, 0.717) is 18.6 Å². The van der Waals surface area contributed by atoms with E-state index < -0.39 is 0 Å². The smallest absolute Gasteiger partial charge is 0.290 e. The van der Waals surface area contributed by atoms with Crippen molar-refractivity contribution >= 4 is 23.0 Å². The molecule has 2 aromatic heterocycles. The third-order valence-corrected chi connectivity index (χ3v) is 4.65. The van der Waals surface area contributed by atoms with E-state index >= 15 is 0 Å². The predicted molar refractivity (Wildman–Crippen MR) is 106 cm³/mol. The van der Waals surface area contributed by atoms with E-state index in [1.807, 2.05) is 58.0 Å². The van der Waals surface area contributed by atoms with Crippen LogP contribution in [-0.4, -0.2) is 39.2 Å². The fourth-order valence-corrected chi connectivity index (χ4v) is 3.06. The lowest BCUT2D eigenvalue weighted by Gasteiger charge is -2.17. The van der Waals surface area contributed by atoms with Gasteiger partial charge in [0.15, 0.2) is 5.69 Å². The standard InChI is InChI=1S/C21H24N4O2/c1-5-24(6-2)21(27)19-23-18(17-9-7-8-12-25(17)19)20(26)22-16-13-14(3)10-11-15(16)4/h7-13H,5-6H2,1-4H3,(H,22,26). The molecule has 140 valence electrons. The highest BCUT2D eigenvalue weighted by molar-refractivity contribution is 6.09. The second-order valence-electron chi connectivity index (χ2n) is 6.49. The molecule has 27 heavy (non-hydrogen) atoms. The van der Waals surface area contributed by atoms with E-state index in [9.17, 15) is 9.59 Å². The van der Waals surface area contributed by atoms with Crippen LogP contribution in [0.3, 0.4) is 0 Å². The quantitative estimate of drug-likeness (QED) is 0.751. The maximum atomic E-state index is 12.9. The van der Waals surface area contributed by atoms with Gasteiger partial charge >= 0.3 is 0 Å². The van der Waals surface area contributed by atoms with Gasteiger partial charge in [-0.2, -0.15) is 0 Å². The van der Waals surface area contributed by atoms with Crippen molar-refractivity contribution in [2.24, 2.45) is 0 Å². The molecule has 0 spiro atoms. The second-order valence-corrected chi connectivity index (χ2v) is 6.49. The predicted octanol–water partition coefficient (Wildman–Crippen LogP) is 3.69. The second kappa shape index (κ2) is 7.61. The lowest BCUT2D eigenvalue weighted by atomic mass is 10.1. The van der Waals surface area contributed by atoms with E-state index in [1.54, 1.807) is 21.6 Å². The average Bonchev–Trinajstić information content (AvgIpc) is 3.05. The molecule has 0 aliphatic rings. The molecule has 2 amide bonds. The Balaban J connectivity index is 2.03. The van der Waals surface area contributed by atoms with Gasteiger partial charge in [0, 0.05) is 25.0 Å². The highest BCUT2D eigenvalue weighted by Gasteiger charge is 2.24. The number of aromatic nitrogens is 2. The monoisotopic (exact) mass is 364 g/mol. The summed E-state index contributed by atoms with van der Waals surface area (Å²) in [7, 11) is 0. The Kier molecular flexibility index (Phi) is 5.26. The number of benzene rings is 1. The minimum Gasteiger partial charge on any atom is -0.337 e. The third-order valence-electron chi connectivity index (χ3n) is 4.65. The Morgan fingerprint density at radius 3 is 2.56 bits per heavy atom. The molecule has 0 saturated heterocycles. The van der Waals surface area contributed by atoms with Crippen LogP contribution in [0.25, 0.3) is 5.52 Å². The largest absolute Gasteiger partial charge is 0.337 e. The van der Waals surface area contributed by atoms with Crippen LogP contribution in [-0.2, 0) is 0 Å². The molecule has 0 atom stereocenters. The van der Waals surface area contributed by atoms with Gasteiger partial charge in [0.1, 0.15) is 0 Å². The normalized spacial score (nSPS) is 10.8. The van der Waals surface area contributed by atoms with Gasteiger partial charge in [-0.3, -0.25) is 14.0 Å². The zero-order valence-corrected chi connectivity index (χ0v) is 16.1. The molecule has 2 heterocycles. The SMILES string of the molecule is CCN(CC)C(=O)c1nc(C(=O)Nc2cc(C)ccc2C)c2ccccn12. The van der Waals surface area contributed by atoms with Gasteiger partial charge < -0.3 is 10.2 Å². The van der Waals surface area contributed by atoms with Gasteiger partial charge in [-0.15, -0.1) is 0 Å². The topological polar surface area (TPSA) is 66.7 Å². The van der Waals surface area contributed by atoms with Crippen molar-refractivity contribution in [3.8, 4) is 0 Å². The van der Waals surface area contributed by atoms with Crippen LogP contribution in [0.2, 0.25) is 0 Å². The van der Waals surface area contributed by atoms with Gasteiger partial charge in [0.05, 0.1) is 5.52 Å². The average molecular weight is 364 g/mol. The summed E-state index contributed by atoms with van der Waals surface area (Å²) >= 11 is 0. The molecule has 0 fully saturated rings. The van der Waals surface area contributed by atoms with Crippen molar-refractivity contribution in [2.45, 2.75) is 27.7 Å². The van der Waals surface area contributed by atoms with Crippen molar-refractivity contribution in [3.63, 3.8) is 0 Å². The number of pyridine rings is 1.